The van der Waals surface area contributed by atoms with E-state index in [0.717, 1.165) is 51.0 Å². The van der Waals surface area contributed by atoms with Crippen LogP contribution in [0.15, 0.2) is 235 Å². The minimum Gasteiger partial charge on any atom is -0.456 e. The minimum atomic E-state index is 0.289. The van der Waals surface area contributed by atoms with Crippen molar-refractivity contribution in [2.45, 2.75) is 12.3 Å². The van der Waals surface area contributed by atoms with Crippen LogP contribution in [0.5, 0.6) is 0 Å². The van der Waals surface area contributed by atoms with E-state index < -0.39 is 0 Å². The van der Waals surface area contributed by atoms with E-state index in [9.17, 15) is 0 Å². The quantitative estimate of drug-likeness (QED) is 0.153. The van der Waals surface area contributed by atoms with Crippen LogP contribution in [0.4, 0.5) is 17.1 Å². The maximum absolute atomic E-state index is 6.42. The first-order valence-electron chi connectivity index (χ1n) is 20.7. The smallest absolute Gasteiger partial charge is 0.137 e. The Balaban J connectivity index is 0.953. The molecule has 60 heavy (non-hydrogen) atoms. The van der Waals surface area contributed by atoms with E-state index in [0.29, 0.717) is 0 Å². The van der Waals surface area contributed by atoms with E-state index >= 15 is 0 Å². The van der Waals surface area contributed by atoms with E-state index in [4.69, 9.17) is 4.42 Å². The number of hydrogen-bond acceptors (Lipinski definition) is 2. The summed E-state index contributed by atoms with van der Waals surface area (Å²) in [5, 5.41) is 4.79. The van der Waals surface area contributed by atoms with E-state index in [1.165, 1.54) is 55.3 Å². The van der Waals surface area contributed by atoms with Crippen molar-refractivity contribution in [2.24, 2.45) is 0 Å². The summed E-state index contributed by atoms with van der Waals surface area (Å²) in [7, 11) is 0. The molecular weight excluding hydrogens is 727 g/mol. The number of hydrogen-bond donors (Lipinski definition) is 0. The van der Waals surface area contributed by atoms with Crippen molar-refractivity contribution < 1.29 is 4.42 Å². The van der Waals surface area contributed by atoms with Crippen LogP contribution in [-0.4, -0.2) is 0 Å². The van der Waals surface area contributed by atoms with Crippen LogP contribution in [0, 0.1) is 0 Å². The first-order valence-corrected chi connectivity index (χ1v) is 20.7. The summed E-state index contributed by atoms with van der Waals surface area (Å²) in [5.74, 6) is 0.289. The third-order valence-corrected chi connectivity index (χ3v) is 12.0. The number of nitrogens with zero attached hydrogens (tertiary/aromatic N) is 1. The average molecular weight is 768 g/mol. The van der Waals surface area contributed by atoms with Gasteiger partial charge in [-0.05, 0) is 134 Å². The van der Waals surface area contributed by atoms with Crippen molar-refractivity contribution in [3.8, 4) is 33.4 Å². The second-order valence-electron chi connectivity index (χ2n) is 15.7. The lowest BCUT2D eigenvalue weighted by atomic mass is 9.85. The Morgan fingerprint density at radius 3 is 1.63 bits per heavy atom. The fourth-order valence-corrected chi connectivity index (χ4v) is 8.87. The van der Waals surface area contributed by atoms with Gasteiger partial charge in [0, 0.05) is 39.8 Å². The zero-order valence-corrected chi connectivity index (χ0v) is 33.1. The fourth-order valence-electron chi connectivity index (χ4n) is 8.87. The molecule has 1 unspecified atom stereocenters. The molecule has 1 aliphatic rings. The molecule has 284 valence electrons. The van der Waals surface area contributed by atoms with Gasteiger partial charge in [-0.15, -0.1) is 0 Å². The molecule has 0 saturated heterocycles. The molecule has 11 rings (SSSR count). The summed E-state index contributed by atoms with van der Waals surface area (Å²) in [6.07, 6.45) is 7.79. The topological polar surface area (TPSA) is 16.4 Å². The summed E-state index contributed by atoms with van der Waals surface area (Å²) < 4.78 is 6.42. The van der Waals surface area contributed by atoms with E-state index in [1.54, 1.807) is 0 Å². The lowest BCUT2D eigenvalue weighted by Gasteiger charge is -2.26. The number of allylic oxidation sites excluding steroid dienone is 4. The van der Waals surface area contributed by atoms with Crippen LogP contribution in [0.1, 0.15) is 23.5 Å². The van der Waals surface area contributed by atoms with Gasteiger partial charge in [0.2, 0.25) is 0 Å². The van der Waals surface area contributed by atoms with Gasteiger partial charge in [-0.2, -0.15) is 0 Å². The molecule has 0 aliphatic heterocycles. The Labute approximate surface area is 350 Å². The zero-order valence-electron chi connectivity index (χ0n) is 33.1. The molecular formula is C58H41NO. The number of anilines is 3. The van der Waals surface area contributed by atoms with Crippen molar-refractivity contribution in [3.63, 3.8) is 0 Å². The van der Waals surface area contributed by atoms with Gasteiger partial charge in [0.15, 0.2) is 0 Å². The second-order valence-corrected chi connectivity index (χ2v) is 15.7. The zero-order chi connectivity index (χ0) is 39.8. The molecule has 0 amide bonds. The highest BCUT2D eigenvalue weighted by Crippen LogP contribution is 2.42. The Bertz CT molecular complexity index is 3150. The predicted molar refractivity (Wildman–Crippen MR) is 253 cm³/mol. The Morgan fingerprint density at radius 1 is 0.383 bits per heavy atom. The van der Waals surface area contributed by atoms with E-state index in [1.807, 2.05) is 12.1 Å². The molecule has 2 nitrogen and oxygen atoms in total. The maximum Gasteiger partial charge on any atom is 0.137 e. The van der Waals surface area contributed by atoms with Crippen molar-refractivity contribution >= 4 is 55.3 Å². The third kappa shape index (κ3) is 6.78. The molecule has 1 atom stereocenters. The first kappa shape index (κ1) is 35.5. The van der Waals surface area contributed by atoms with Crippen LogP contribution in [0.25, 0.3) is 71.7 Å². The molecule has 0 fully saturated rings. The van der Waals surface area contributed by atoms with Crippen molar-refractivity contribution in [2.75, 3.05) is 4.90 Å². The normalized spacial score (nSPS) is 13.8. The highest BCUT2D eigenvalue weighted by Gasteiger charge is 2.19. The van der Waals surface area contributed by atoms with Crippen molar-refractivity contribution in [3.05, 3.63) is 242 Å². The number of rotatable bonds is 8. The van der Waals surface area contributed by atoms with Gasteiger partial charge >= 0.3 is 0 Å². The third-order valence-electron chi connectivity index (χ3n) is 12.0. The standard InChI is InChI=1S/C58H41NO/c1-3-12-40(13-4-1)49-36-50(41-14-5-2-6-15-41)38-51(37-49)44-26-30-53(31-27-44)59(54-32-33-56-55-20-9-10-21-57(55)60-58(56)39-54)52-28-24-43(25-29-52)46-18-11-19-47(34-46)48-23-22-42-16-7-8-17-45(42)35-48/h1-33,35-39,46H,34H2. The molecule has 0 spiro atoms. The van der Waals surface area contributed by atoms with E-state index in [-0.39, 0.29) is 5.92 Å². The molecule has 0 bridgehead atoms. The van der Waals surface area contributed by atoms with Gasteiger partial charge in [-0.25, -0.2) is 0 Å². The summed E-state index contributed by atoms with van der Waals surface area (Å²) in [6.45, 7) is 0. The Morgan fingerprint density at radius 2 is 0.933 bits per heavy atom. The molecule has 0 N–H and O–H groups in total. The van der Waals surface area contributed by atoms with Crippen LogP contribution >= 0.6 is 0 Å². The van der Waals surface area contributed by atoms with Gasteiger partial charge in [0.1, 0.15) is 11.2 Å². The minimum absolute atomic E-state index is 0.289. The monoisotopic (exact) mass is 767 g/mol. The van der Waals surface area contributed by atoms with Crippen molar-refractivity contribution in [1.29, 1.82) is 0 Å². The SMILES string of the molecule is C1=CC(c2ccc(N(c3ccc(-c4cc(-c5ccccc5)cc(-c5ccccc5)c4)cc3)c3ccc4c(c3)oc3ccccc34)cc2)CC(c2ccc3ccccc3c2)=C1. The van der Waals surface area contributed by atoms with Gasteiger partial charge in [0.25, 0.3) is 0 Å². The summed E-state index contributed by atoms with van der Waals surface area (Å²) in [5.41, 5.74) is 16.1. The lowest BCUT2D eigenvalue weighted by Crippen LogP contribution is -2.10. The van der Waals surface area contributed by atoms with Crippen LogP contribution < -0.4 is 4.90 Å². The molecule has 1 aliphatic carbocycles. The summed E-state index contributed by atoms with van der Waals surface area (Å²) >= 11 is 0. The summed E-state index contributed by atoms with van der Waals surface area (Å²) in [6, 6.07) is 76.6. The van der Waals surface area contributed by atoms with Crippen LogP contribution in [0.2, 0.25) is 0 Å². The number of fused-ring (bicyclic) bond motifs is 4. The van der Waals surface area contributed by atoms with Gasteiger partial charge < -0.3 is 9.32 Å². The number of para-hydroxylation sites is 1. The van der Waals surface area contributed by atoms with Gasteiger partial charge in [-0.1, -0.05) is 158 Å². The highest BCUT2D eigenvalue weighted by atomic mass is 16.3. The van der Waals surface area contributed by atoms with Crippen molar-refractivity contribution in [1.82, 2.24) is 0 Å². The predicted octanol–water partition coefficient (Wildman–Crippen LogP) is 16.3. The molecule has 1 heterocycles. The largest absolute Gasteiger partial charge is 0.456 e. The second kappa shape index (κ2) is 15.2. The van der Waals surface area contributed by atoms with Gasteiger partial charge in [-0.3, -0.25) is 0 Å². The maximum atomic E-state index is 6.42. The lowest BCUT2D eigenvalue weighted by molar-refractivity contribution is 0.669. The molecule has 0 radical (unpaired) electrons. The van der Waals surface area contributed by atoms with Crippen LogP contribution in [-0.2, 0) is 0 Å². The fraction of sp³-hybridized carbons (Fsp3) is 0.0345. The number of benzene rings is 9. The highest BCUT2D eigenvalue weighted by molar-refractivity contribution is 6.06. The number of furan rings is 1. The average Bonchev–Trinajstić information content (AvgIpc) is 3.70. The van der Waals surface area contributed by atoms with Crippen LogP contribution in [0.3, 0.4) is 0 Å². The molecule has 9 aromatic carbocycles. The van der Waals surface area contributed by atoms with E-state index in [2.05, 4.69) is 223 Å². The molecule has 0 saturated carbocycles. The summed E-state index contributed by atoms with van der Waals surface area (Å²) in [4.78, 5) is 2.34. The Hall–Kier alpha value is -7.68. The first-order chi connectivity index (χ1) is 29.7. The molecule has 2 heteroatoms. The molecule has 1 aromatic heterocycles. The Kier molecular flexibility index (Phi) is 9.02. The van der Waals surface area contributed by atoms with Gasteiger partial charge in [0.05, 0.1) is 0 Å². The molecule has 10 aromatic rings.